The Morgan fingerprint density at radius 3 is 2.40 bits per heavy atom. The molecule has 0 N–H and O–H groups in total. The first-order valence-corrected chi connectivity index (χ1v) is 10.9. The van der Waals surface area contributed by atoms with Crippen molar-refractivity contribution >= 4 is 29.1 Å². The Bertz CT molecular complexity index is 943. The number of hydrogen-bond donors (Lipinski definition) is 0. The van der Waals surface area contributed by atoms with Gasteiger partial charge < -0.3 is 9.64 Å². The minimum Gasteiger partial charge on any atom is -0.496 e. The molecule has 0 radical (unpaired) electrons. The molecule has 1 saturated heterocycles. The number of hydrogen-bond acceptors (Lipinski definition) is 5. The number of rotatable bonds is 7. The molecule has 4 rings (SSSR count). The summed E-state index contributed by atoms with van der Waals surface area (Å²) in [6.07, 6.45) is 5.03. The zero-order chi connectivity index (χ0) is 21.1. The largest absolute Gasteiger partial charge is 0.496 e. The monoisotopic (exact) mass is 424 g/mol. The second-order valence-corrected chi connectivity index (χ2v) is 8.59. The number of benzene rings is 1. The Labute approximate surface area is 179 Å². The summed E-state index contributed by atoms with van der Waals surface area (Å²) in [6.45, 7) is 0.537. The van der Waals surface area contributed by atoms with Gasteiger partial charge in [-0.3, -0.25) is 19.3 Å². The second-order valence-electron chi connectivity index (χ2n) is 7.56. The molecular formula is C23H24N2O4S. The molecule has 1 aliphatic carbocycles. The number of carbonyl (C=O) groups excluding carboxylic acids is 3. The standard InChI is InChI=1S/C23H24N2O4S/c1-29-20-11-5-2-7-16(20)13-24(14-17-8-6-12-30-17)21(26)15-25-22(27)18-9-3-4-10-19(18)23(25)28/h2-8,11-12,18-19H,9-10,13-15H2,1H3/t18-,19+. The van der Waals surface area contributed by atoms with Crippen molar-refractivity contribution in [2.75, 3.05) is 13.7 Å². The van der Waals surface area contributed by atoms with E-state index < -0.39 is 0 Å². The Morgan fingerprint density at radius 2 is 1.77 bits per heavy atom. The highest BCUT2D eigenvalue weighted by Crippen LogP contribution is 2.35. The number of carbonyl (C=O) groups is 3. The molecule has 2 aromatic rings. The number of allylic oxidation sites excluding steroid dienone is 2. The van der Waals surface area contributed by atoms with Crippen molar-refractivity contribution in [3.05, 3.63) is 64.4 Å². The van der Waals surface area contributed by atoms with E-state index in [1.165, 1.54) is 0 Å². The van der Waals surface area contributed by atoms with E-state index in [1.54, 1.807) is 23.3 Å². The molecule has 156 valence electrons. The van der Waals surface area contributed by atoms with Crippen LogP contribution in [-0.2, 0) is 27.5 Å². The molecule has 2 aliphatic rings. The molecular weight excluding hydrogens is 400 g/mol. The highest BCUT2D eigenvalue weighted by Gasteiger charge is 2.47. The smallest absolute Gasteiger partial charge is 0.243 e. The number of amides is 3. The van der Waals surface area contributed by atoms with Gasteiger partial charge in [-0.05, 0) is 30.4 Å². The van der Waals surface area contributed by atoms with Gasteiger partial charge in [0.05, 0.1) is 25.5 Å². The van der Waals surface area contributed by atoms with Gasteiger partial charge in [-0.15, -0.1) is 11.3 Å². The quantitative estimate of drug-likeness (QED) is 0.506. The third-order valence-electron chi connectivity index (χ3n) is 5.73. The van der Waals surface area contributed by atoms with E-state index in [4.69, 9.17) is 4.74 Å². The summed E-state index contributed by atoms with van der Waals surface area (Å²) in [5.41, 5.74) is 0.877. The number of para-hydroxylation sites is 1. The fraction of sp³-hybridized carbons (Fsp3) is 0.348. The minimum atomic E-state index is -0.324. The summed E-state index contributed by atoms with van der Waals surface area (Å²) >= 11 is 1.57. The Balaban J connectivity index is 1.53. The van der Waals surface area contributed by atoms with Crippen LogP contribution in [-0.4, -0.2) is 41.2 Å². The molecule has 1 aliphatic heterocycles. The van der Waals surface area contributed by atoms with E-state index in [-0.39, 0.29) is 36.1 Å². The first-order chi connectivity index (χ1) is 14.6. The predicted molar refractivity (Wildman–Crippen MR) is 114 cm³/mol. The SMILES string of the molecule is COc1ccccc1CN(Cc1cccs1)C(=O)CN1C(=O)[C@H]2CC=CC[C@H]2C1=O. The van der Waals surface area contributed by atoms with Crippen LogP contribution < -0.4 is 4.74 Å². The molecule has 1 aromatic carbocycles. The topological polar surface area (TPSA) is 66.9 Å². The molecule has 30 heavy (non-hydrogen) atoms. The molecule has 3 amide bonds. The van der Waals surface area contributed by atoms with E-state index in [9.17, 15) is 14.4 Å². The maximum absolute atomic E-state index is 13.3. The molecule has 0 bridgehead atoms. The van der Waals surface area contributed by atoms with Gasteiger partial charge in [-0.2, -0.15) is 0 Å². The van der Waals surface area contributed by atoms with Crippen LogP contribution in [0, 0.1) is 11.8 Å². The van der Waals surface area contributed by atoms with Crippen LogP contribution >= 0.6 is 11.3 Å². The molecule has 7 heteroatoms. The lowest BCUT2D eigenvalue weighted by Crippen LogP contribution is -2.42. The van der Waals surface area contributed by atoms with Gasteiger partial charge >= 0.3 is 0 Å². The normalized spacial score (nSPS) is 20.4. The van der Waals surface area contributed by atoms with Crippen molar-refractivity contribution in [2.45, 2.75) is 25.9 Å². The number of thiophene rings is 1. The zero-order valence-electron chi connectivity index (χ0n) is 16.8. The molecule has 1 fully saturated rings. The van der Waals surface area contributed by atoms with Crippen molar-refractivity contribution in [3.8, 4) is 5.75 Å². The average Bonchev–Trinajstić information content (AvgIpc) is 3.36. The van der Waals surface area contributed by atoms with Crippen LogP contribution in [0.25, 0.3) is 0 Å². The number of fused-ring (bicyclic) bond motifs is 1. The Kier molecular flexibility index (Phi) is 5.99. The summed E-state index contributed by atoms with van der Waals surface area (Å²) < 4.78 is 5.43. The molecule has 2 atom stereocenters. The molecule has 1 aromatic heterocycles. The van der Waals surface area contributed by atoms with Crippen LogP contribution in [0.3, 0.4) is 0 Å². The summed E-state index contributed by atoms with van der Waals surface area (Å²) in [7, 11) is 1.60. The molecule has 0 spiro atoms. The zero-order valence-corrected chi connectivity index (χ0v) is 17.6. The number of nitrogens with zero attached hydrogens (tertiary/aromatic N) is 2. The lowest BCUT2D eigenvalue weighted by molar-refractivity contribution is -0.147. The van der Waals surface area contributed by atoms with Crippen LogP contribution in [0.15, 0.2) is 53.9 Å². The number of imide groups is 1. The third-order valence-corrected chi connectivity index (χ3v) is 6.59. The van der Waals surface area contributed by atoms with Gasteiger partial charge in [0.2, 0.25) is 17.7 Å². The summed E-state index contributed by atoms with van der Waals surface area (Å²) in [6, 6.07) is 11.5. The van der Waals surface area contributed by atoms with Gasteiger partial charge in [-0.25, -0.2) is 0 Å². The number of likely N-dealkylation sites (tertiary alicyclic amines) is 1. The van der Waals surface area contributed by atoms with E-state index in [0.29, 0.717) is 31.7 Å². The van der Waals surface area contributed by atoms with E-state index >= 15 is 0 Å². The molecule has 2 heterocycles. The van der Waals surface area contributed by atoms with Gasteiger partial charge in [0.25, 0.3) is 0 Å². The number of methoxy groups -OCH3 is 1. The summed E-state index contributed by atoms with van der Waals surface area (Å²) in [5.74, 6) is -0.646. The van der Waals surface area contributed by atoms with Crippen molar-refractivity contribution < 1.29 is 19.1 Å². The van der Waals surface area contributed by atoms with Crippen molar-refractivity contribution in [2.24, 2.45) is 11.8 Å². The van der Waals surface area contributed by atoms with Crippen LogP contribution in [0.5, 0.6) is 5.75 Å². The second kappa shape index (κ2) is 8.83. The average molecular weight is 425 g/mol. The Hall–Kier alpha value is -2.93. The van der Waals surface area contributed by atoms with Gasteiger partial charge in [0.1, 0.15) is 12.3 Å². The maximum Gasteiger partial charge on any atom is 0.243 e. The first kappa shape index (κ1) is 20.3. The fourth-order valence-electron chi connectivity index (χ4n) is 4.12. The maximum atomic E-state index is 13.3. The lowest BCUT2D eigenvalue weighted by atomic mass is 9.85. The third kappa shape index (κ3) is 4.03. The lowest BCUT2D eigenvalue weighted by Gasteiger charge is -2.25. The van der Waals surface area contributed by atoms with Crippen LogP contribution in [0.2, 0.25) is 0 Å². The highest BCUT2D eigenvalue weighted by atomic mass is 32.1. The molecule has 6 nitrogen and oxygen atoms in total. The summed E-state index contributed by atoms with van der Waals surface area (Å²) in [5, 5.41) is 1.96. The first-order valence-electron chi connectivity index (χ1n) is 10.0. The number of ether oxygens (including phenoxy) is 1. The highest BCUT2D eigenvalue weighted by molar-refractivity contribution is 7.09. The summed E-state index contributed by atoms with van der Waals surface area (Å²) in [4.78, 5) is 42.7. The van der Waals surface area contributed by atoms with Crippen LogP contribution in [0.4, 0.5) is 0 Å². The Morgan fingerprint density at radius 1 is 1.07 bits per heavy atom. The predicted octanol–water partition coefficient (Wildman–Crippen LogP) is 3.24. The fourth-order valence-corrected chi connectivity index (χ4v) is 4.84. The molecule has 0 unspecified atom stereocenters. The van der Waals surface area contributed by atoms with Crippen molar-refractivity contribution in [1.29, 1.82) is 0 Å². The van der Waals surface area contributed by atoms with E-state index in [1.807, 2.05) is 53.9 Å². The molecule has 0 saturated carbocycles. The van der Waals surface area contributed by atoms with E-state index in [0.717, 1.165) is 15.3 Å². The van der Waals surface area contributed by atoms with Gasteiger partial charge in [0, 0.05) is 17.0 Å². The van der Waals surface area contributed by atoms with Gasteiger partial charge in [-0.1, -0.05) is 36.4 Å². The van der Waals surface area contributed by atoms with Gasteiger partial charge in [0.15, 0.2) is 0 Å². The van der Waals surface area contributed by atoms with Crippen molar-refractivity contribution in [1.82, 2.24) is 9.80 Å². The van der Waals surface area contributed by atoms with Crippen molar-refractivity contribution in [3.63, 3.8) is 0 Å². The van der Waals surface area contributed by atoms with E-state index in [2.05, 4.69) is 0 Å². The van der Waals surface area contributed by atoms with Crippen LogP contribution in [0.1, 0.15) is 23.3 Å². The minimum absolute atomic E-state index is 0.217.